The smallest absolute Gasteiger partial charge is 0.193 e. The number of aliphatic imine (C=N–C) groups is 1. The monoisotopic (exact) mass is 464 g/mol. The lowest BCUT2D eigenvalue weighted by molar-refractivity contribution is 0.403. The maximum Gasteiger partial charge on any atom is 0.193 e. The van der Waals surface area contributed by atoms with Crippen LogP contribution >= 0.6 is 35.3 Å². The summed E-state index contributed by atoms with van der Waals surface area (Å²) in [5.41, 5.74) is 1.20. The number of hydrogen-bond acceptors (Lipinski definition) is 3. The lowest BCUT2D eigenvalue weighted by atomic mass is 9.97. The molecule has 0 aromatic carbocycles. The summed E-state index contributed by atoms with van der Waals surface area (Å²) in [6.45, 7) is 12.2. The predicted octanol–water partition coefficient (Wildman–Crippen LogP) is 4.37. The second-order valence-corrected chi connectivity index (χ2v) is 8.18. The largest absolute Gasteiger partial charge is 0.356 e. The van der Waals surface area contributed by atoms with Crippen LogP contribution in [0.5, 0.6) is 0 Å². The van der Waals surface area contributed by atoms with E-state index in [9.17, 15) is 0 Å². The topological polar surface area (TPSA) is 40.5 Å². The van der Waals surface area contributed by atoms with Gasteiger partial charge in [0.25, 0.3) is 0 Å². The number of likely N-dealkylation sites (tertiary alicyclic amines) is 1. The molecule has 0 spiro atoms. The van der Waals surface area contributed by atoms with Gasteiger partial charge in [0.2, 0.25) is 0 Å². The van der Waals surface area contributed by atoms with Crippen molar-refractivity contribution in [2.45, 2.75) is 52.9 Å². The summed E-state index contributed by atoms with van der Waals surface area (Å²) < 4.78 is 0. The molecule has 2 rings (SSSR count). The van der Waals surface area contributed by atoms with Crippen LogP contribution in [0.3, 0.4) is 0 Å². The van der Waals surface area contributed by atoms with E-state index in [1.165, 1.54) is 23.5 Å². The Morgan fingerprint density at radius 3 is 2.75 bits per heavy atom. The van der Waals surface area contributed by atoms with E-state index in [-0.39, 0.29) is 24.0 Å². The molecule has 0 amide bonds. The van der Waals surface area contributed by atoms with Gasteiger partial charge in [0, 0.05) is 44.4 Å². The summed E-state index contributed by atoms with van der Waals surface area (Å²) in [5, 5.41) is 6.94. The molecule has 4 nitrogen and oxygen atoms in total. The molecule has 138 valence electrons. The molecule has 1 N–H and O–H groups in total. The van der Waals surface area contributed by atoms with Crippen LogP contribution in [0.4, 0.5) is 0 Å². The molecule has 1 saturated heterocycles. The van der Waals surface area contributed by atoms with Crippen molar-refractivity contribution in [2.24, 2.45) is 16.8 Å². The summed E-state index contributed by atoms with van der Waals surface area (Å²) in [4.78, 5) is 11.6. The standard InChI is InChI=1S/C18H32N4S.HI/c1-13(2)10-15-7-9-22(11-15)18(19-5)20-8-6-16-12-23-17(21-16)14(3)4;/h12-15H,6-11H2,1-5H3,(H,19,20);1H. The van der Waals surface area contributed by atoms with Crippen LogP contribution in [-0.2, 0) is 6.42 Å². The van der Waals surface area contributed by atoms with Crippen molar-refractivity contribution in [1.82, 2.24) is 15.2 Å². The normalized spacial score (nSPS) is 18.4. The molecular weight excluding hydrogens is 431 g/mol. The van der Waals surface area contributed by atoms with Gasteiger partial charge in [-0.3, -0.25) is 4.99 Å². The molecule has 0 aliphatic carbocycles. The highest BCUT2D eigenvalue weighted by Gasteiger charge is 2.25. The van der Waals surface area contributed by atoms with Crippen molar-refractivity contribution in [2.75, 3.05) is 26.7 Å². The average molecular weight is 464 g/mol. The molecule has 0 bridgehead atoms. The summed E-state index contributed by atoms with van der Waals surface area (Å²) in [5.74, 6) is 3.18. The average Bonchev–Trinajstić information content (AvgIpc) is 3.12. The third-order valence-electron chi connectivity index (χ3n) is 4.33. The summed E-state index contributed by atoms with van der Waals surface area (Å²) in [7, 11) is 1.89. The number of nitrogens with one attached hydrogen (secondary N) is 1. The first kappa shape index (κ1) is 21.7. The third kappa shape index (κ3) is 6.50. The molecule has 0 saturated carbocycles. The fourth-order valence-corrected chi connectivity index (χ4v) is 4.09. The third-order valence-corrected chi connectivity index (χ3v) is 5.52. The van der Waals surface area contributed by atoms with Crippen molar-refractivity contribution in [3.8, 4) is 0 Å². The lowest BCUT2D eigenvalue weighted by Gasteiger charge is -2.22. The van der Waals surface area contributed by atoms with Crippen LogP contribution in [0, 0.1) is 11.8 Å². The van der Waals surface area contributed by atoms with Crippen molar-refractivity contribution < 1.29 is 0 Å². The number of hydrogen-bond donors (Lipinski definition) is 1. The summed E-state index contributed by atoms with van der Waals surface area (Å²) in [6.07, 6.45) is 3.58. The Labute approximate surface area is 168 Å². The second kappa shape index (κ2) is 10.6. The molecule has 1 atom stereocenters. The number of aromatic nitrogens is 1. The van der Waals surface area contributed by atoms with E-state index in [2.05, 4.69) is 48.3 Å². The van der Waals surface area contributed by atoms with Gasteiger partial charge in [-0.05, 0) is 24.7 Å². The van der Waals surface area contributed by atoms with Gasteiger partial charge in [0.15, 0.2) is 5.96 Å². The first-order chi connectivity index (χ1) is 11.0. The predicted molar refractivity (Wildman–Crippen MR) is 116 cm³/mol. The molecule has 1 aromatic heterocycles. The zero-order valence-corrected chi connectivity index (χ0v) is 18.9. The Balaban J connectivity index is 0.00000288. The van der Waals surface area contributed by atoms with Gasteiger partial charge in [0.1, 0.15) is 0 Å². The fourth-order valence-electron chi connectivity index (χ4n) is 3.22. The molecule has 6 heteroatoms. The Kier molecular flexibility index (Phi) is 9.56. The van der Waals surface area contributed by atoms with E-state index in [1.807, 2.05) is 7.05 Å². The van der Waals surface area contributed by atoms with Gasteiger partial charge in [0.05, 0.1) is 10.7 Å². The lowest BCUT2D eigenvalue weighted by Crippen LogP contribution is -2.40. The second-order valence-electron chi connectivity index (χ2n) is 7.29. The molecule has 24 heavy (non-hydrogen) atoms. The highest BCUT2D eigenvalue weighted by atomic mass is 127. The van der Waals surface area contributed by atoms with E-state index < -0.39 is 0 Å². The van der Waals surface area contributed by atoms with Gasteiger partial charge in [-0.2, -0.15) is 0 Å². The summed E-state index contributed by atoms with van der Waals surface area (Å²) in [6, 6.07) is 0. The highest BCUT2D eigenvalue weighted by Crippen LogP contribution is 2.23. The van der Waals surface area contributed by atoms with Crippen LogP contribution in [-0.4, -0.2) is 42.5 Å². The van der Waals surface area contributed by atoms with Crippen molar-refractivity contribution in [3.05, 3.63) is 16.1 Å². The maximum absolute atomic E-state index is 4.70. The van der Waals surface area contributed by atoms with Crippen molar-refractivity contribution >= 4 is 41.3 Å². The maximum atomic E-state index is 4.70. The van der Waals surface area contributed by atoms with Gasteiger partial charge in [-0.15, -0.1) is 35.3 Å². The van der Waals surface area contributed by atoms with E-state index >= 15 is 0 Å². The molecule has 1 aliphatic heterocycles. The fraction of sp³-hybridized carbons (Fsp3) is 0.778. The van der Waals surface area contributed by atoms with Gasteiger partial charge >= 0.3 is 0 Å². The van der Waals surface area contributed by atoms with Crippen LogP contribution < -0.4 is 5.32 Å². The Bertz CT molecular complexity index is 513. The first-order valence-electron chi connectivity index (χ1n) is 8.89. The molecule has 0 radical (unpaired) electrons. The first-order valence-corrected chi connectivity index (χ1v) is 9.77. The minimum atomic E-state index is 0. The molecule has 1 aliphatic rings. The highest BCUT2D eigenvalue weighted by molar-refractivity contribution is 14.0. The van der Waals surface area contributed by atoms with Gasteiger partial charge in [-0.1, -0.05) is 27.7 Å². The number of nitrogens with zero attached hydrogens (tertiary/aromatic N) is 3. The van der Waals surface area contributed by atoms with Crippen molar-refractivity contribution in [1.29, 1.82) is 0 Å². The van der Waals surface area contributed by atoms with E-state index in [1.54, 1.807) is 11.3 Å². The number of halogens is 1. The van der Waals surface area contributed by atoms with E-state index in [0.717, 1.165) is 43.9 Å². The zero-order valence-electron chi connectivity index (χ0n) is 15.7. The molecule has 2 heterocycles. The van der Waals surface area contributed by atoms with E-state index in [0.29, 0.717) is 5.92 Å². The Morgan fingerprint density at radius 1 is 1.42 bits per heavy atom. The molecule has 1 fully saturated rings. The Hall–Kier alpha value is -0.370. The van der Waals surface area contributed by atoms with Crippen molar-refractivity contribution in [3.63, 3.8) is 0 Å². The number of guanidine groups is 1. The minimum absolute atomic E-state index is 0. The quantitative estimate of drug-likeness (QED) is 0.386. The molecule has 1 aromatic rings. The van der Waals surface area contributed by atoms with Crippen LogP contribution in [0.25, 0.3) is 0 Å². The van der Waals surface area contributed by atoms with Gasteiger partial charge in [-0.25, -0.2) is 4.98 Å². The van der Waals surface area contributed by atoms with Crippen LogP contribution in [0.1, 0.15) is 57.2 Å². The number of thiazole rings is 1. The van der Waals surface area contributed by atoms with Gasteiger partial charge < -0.3 is 10.2 Å². The minimum Gasteiger partial charge on any atom is -0.356 e. The SMILES string of the molecule is CN=C(NCCc1csc(C(C)C)n1)N1CCC(CC(C)C)C1.I. The molecule has 1 unspecified atom stereocenters. The van der Waals surface area contributed by atoms with Crippen LogP contribution in [0.2, 0.25) is 0 Å². The number of rotatable bonds is 6. The van der Waals surface area contributed by atoms with E-state index in [4.69, 9.17) is 4.98 Å². The Morgan fingerprint density at radius 2 is 2.17 bits per heavy atom. The summed E-state index contributed by atoms with van der Waals surface area (Å²) >= 11 is 1.77. The molecular formula is C18H33IN4S. The zero-order chi connectivity index (χ0) is 16.8. The van der Waals surface area contributed by atoms with Crippen LogP contribution in [0.15, 0.2) is 10.4 Å².